The van der Waals surface area contributed by atoms with E-state index in [1.807, 2.05) is 90.1 Å². The molecule has 590 valence electrons. The molecule has 6 atom stereocenters. The molecule has 4 aromatic carbocycles. The molecule has 4 aliphatic rings. The third kappa shape index (κ3) is 22.3. The maximum absolute atomic E-state index is 15.3. The number of alkyl carbamates (subject to hydrolysis) is 1. The number of likely N-dealkylation sites (tertiary alicyclic amines) is 2. The number of nitrogens with zero attached hydrogens (tertiary/aromatic N) is 6. The molecule has 7 amide bonds. The number of thiazole rings is 2. The fourth-order valence-electron chi connectivity index (χ4n) is 13.7. The number of ether oxygens (including phenoxy) is 10. The van der Waals surface area contributed by atoms with E-state index in [1.54, 1.807) is 67.0 Å². The Morgan fingerprint density at radius 1 is 0.569 bits per heavy atom. The topological polar surface area (TPSA) is 333 Å². The number of aliphatic hydroxyl groups excluding tert-OH is 1. The summed E-state index contributed by atoms with van der Waals surface area (Å²) >= 11 is 3.00. The first-order valence-corrected chi connectivity index (χ1v) is 39.0. The molecule has 0 saturated carbocycles. The molecule has 10 rings (SSSR count). The van der Waals surface area contributed by atoms with E-state index in [4.69, 9.17) is 53.1 Å². The van der Waals surface area contributed by atoms with E-state index in [0.29, 0.717) is 124 Å². The third-order valence-electron chi connectivity index (χ3n) is 18.9. The number of rotatable bonds is 41. The summed E-state index contributed by atoms with van der Waals surface area (Å²) in [6, 6.07) is 19.8. The maximum atomic E-state index is 15.3. The predicted molar refractivity (Wildman–Crippen MR) is 408 cm³/mol. The molecule has 0 spiro atoms. The number of fused-ring (bicyclic) bond motifs is 2. The van der Waals surface area contributed by atoms with Crippen molar-refractivity contribution in [1.82, 2.24) is 45.5 Å². The number of aliphatic hydroxyl groups is 1. The molecular weight excluding hydrogens is 1440 g/mol. The number of amides is 7. The van der Waals surface area contributed by atoms with Crippen LogP contribution in [0.5, 0.6) is 17.2 Å². The molecule has 2 aromatic heterocycles. The van der Waals surface area contributed by atoms with Gasteiger partial charge in [-0.15, -0.1) is 22.7 Å². The molecule has 4 aliphatic heterocycles. The Labute approximate surface area is 644 Å². The lowest BCUT2D eigenvalue weighted by Gasteiger charge is -2.35. The van der Waals surface area contributed by atoms with Crippen LogP contribution in [0.2, 0.25) is 0 Å². The zero-order valence-corrected chi connectivity index (χ0v) is 65.3. The van der Waals surface area contributed by atoms with E-state index in [-0.39, 0.29) is 90.4 Å². The molecule has 2 saturated heterocycles. The van der Waals surface area contributed by atoms with Crippen LogP contribution in [-0.4, -0.2) is 237 Å². The monoisotopic (exact) mass is 1540 g/mol. The molecular formula is C79H104N10O18S2. The number of carbonyl (C=O) groups is 7. The van der Waals surface area contributed by atoms with Gasteiger partial charge in [-0.3, -0.25) is 28.8 Å². The summed E-state index contributed by atoms with van der Waals surface area (Å²) in [5, 5.41) is 19.9. The minimum Gasteiger partial charge on any atom is -0.491 e. The SMILES string of the molecule is Cc1ncsc1-c1ccc(CNC(=O)[C@@H]2C[C@@H](O)CN2C(=O)[C@H](C(C)C)N2Cc3ccc(O[C@@H]4C[C@@H](C(=O)NCc5ccc(-c6scnc6C)cc5OCCOCCOCCOCCN)N(C(=O)[C@H](C(C)C)N5Cc6ccccc6C5=O)C4)cc3C2=O)c(OCCOCCOCCOCCNC(=O)OC(C)(C)C)c1. The second-order valence-electron chi connectivity index (χ2n) is 28.8. The van der Waals surface area contributed by atoms with Gasteiger partial charge in [0.05, 0.1) is 124 Å². The van der Waals surface area contributed by atoms with E-state index in [1.165, 1.54) is 37.4 Å². The summed E-state index contributed by atoms with van der Waals surface area (Å²) in [6.07, 6.45) is -2.25. The highest BCUT2D eigenvalue weighted by Gasteiger charge is 2.49. The lowest BCUT2D eigenvalue weighted by atomic mass is 10.0. The standard InChI is InChI=1S/C79H104N10O18S2/c1-49(2)68(76(95)86-45-59(90)38-64(86)72(91)82-41-55-16-14-53(70-51(5)84-47-108-70)36-66(55)104-34-33-103-31-29-101-27-25-99-23-21-81-78(97)107-79(7,8)9)89-44-58-18-19-60(39-63(58)75(89)94)106-61-40-65(87(46-61)77(96)69(50(3)4)88-43-57-12-10-11-13-62(57)74(88)93)73(92)83-42-56-17-15-54(71-52(6)85-48-109-71)37-67(56)105-35-32-102-30-28-100-26-24-98-22-20-80/h10-19,36-37,39,47-50,59,61,64-65,68-69,90H,20-35,38,40-46,80H2,1-9H3,(H,81,97)(H,82,91)(H,83,92)/t59-,61-,64+,65+,68+,69+/m1/s1. The lowest BCUT2D eigenvalue weighted by molar-refractivity contribution is -0.143. The van der Waals surface area contributed by atoms with Crippen LogP contribution in [0, 0.1) is 25.7 Å². The smallest absolute Gasteiger partial charge is 0.407 e. The van der Waals surface area contributed by atoms with Gasteiger partial charge in [-0.25, -0.2) is 14.8 Å². The van der Waals surface area contributed by atoms with E-state index >= 15 is 9.59 Å². The summed E-state index contributed by atoms with van der Waals surface area (Å²) < 4.78 is 58.3. The Balaban J connectivity index is 0.774. The van der Waals surface area contributed by atoms with Crippen molar-refractivity contribution in [2.75, 3.05) is 119 Å². The minimum absolute atomic E-state index is 0.0253. The summed E-state index contributed by atoms with van der Waals surface area (Å²) in [4.78, 5) is 117. The number of hydrogen-bond acceptors (Lipinski definition) is 23. The van der Waals surface area contributed by atoms with Gasteiger partial charge < -0.3 is 93.8 Å². The summed E-state index contributed by atoms with van der Waals surface area (Å²) in [7, 11) is 0. The molecule has 6 N–H and O–H groups in total. The number of nitrogens with one attached hydrogen (secondary N) is 3. The van der Waals surface area contributed by atoms with Gasteiger partial charge in [-0.2, -0.15) is 0 Å². The maximum Gasteiger partial charge on any atom is 0.407 e. The molecule has 0 bridgehead atoms. The molecule has 0 radical (unpaired) electrons. The van der Waals surface area contributed by atoms with Gasteiger partial charge in [0.15, 0.2) is 0 Å². The molecule has 6 heterocycles. The quantitative estimate of drug-likeness (QED) is 0.0232. The number of benzene rings is 4. The van der Waals surface area contributed by atoms with Crippen LogP contribution >= 0.6 is 22.7 Å². The highest BCUT2D eigenvalue weighted by molar-refractivity contribution is 7.13. The second-order valence-corrected chi connectivity index (χ2v) is 30.5. The van der Waals surface area contributed by atoms with Crippen molar-refractivity contribution in [1.29, 1.82) is 0 Å². The Kier molecular flexibility index (Phi) is 30.2. The van der Waals surface area contributed by atoms with Crippen LogP contribution in [0.25, 0.3) is 20.9 Å². The fourth-order valence-corrected chi connectivity index (χ4v) is 15.3. The Morgan fingerprint density at radius 2 is 1.04 bits per heavy atom. The normalized spacial score (nSPS) is 17.5. The van der Waals surface area contributed by atoms with Crippen molar-refractivity contribution >= 4 is 64.2 Å². The van der Waals surface area contributed by atoms with Crippen LogP contribution < -0.4 is 35.9 Å². The van der Waals surface area contributed by atoms with Crippen molar-refractivity contribution in [2.45, 2.75) is 143 Å². The highest BCUT2D eigenvalue weighted by Crippen LogP contribution is 2.38. The molecule has 30 heteroatoms. The van der Waals surface area contributed by atoms with Crippen LogP contribution in [-0.2, 0) is 78.5 Å². The van der Waals surface area contributed by atoms with Gasteiger partial charge in [-0.1, -0.05) is 76.2 Å². The summed E-state index contributed by atoms with van der Waals surface area (Å²) in [5.74, 6) is -2.01. The Hall–Kier alpha value is -8.69. The summed E-state index contributed by atoms with van der Waals surface area (Å²) in [5.41, 5.74) is 15.5. The first kappa shape index (κ1) is 82.8. The van der Waals surface area contributed by atoms with Gasteiger partial charge in [0.25, 0.3) is 11.8 Å². The van der Waals surface area contributed by atoms with Crippen LogP contribution in [0.4, 0.5) is 4.79 Å². The summed E-state index contributed by atoms with van der Waals surface area (Å²) in [6.45, 7) is 22.1. The molecule has 6 aromatic rings. The number of nitrogens with two attached hydrogens (primary N) is 1. The number of aromatic nitrogens is 2. The highest BCUT2D eigenvalue weighted by atomic mass is 32.1. The first-order valence-electron chi connectivity index (χ1n) is 37.3. The van der Waals surface area contributed by atoms with E-state index < -0.39 is 83.5 Å². The second kappa shape index (κ2) is 39.8. The zero-order chi connectivity index (χ0) is 77.7. The van der Waals surface area contributed by atoms with Crippen molar-refractivity contribution in [2.24, 2.45) is 17.6 Å². The van der Waals surface area contributed by atoms with Gasteiger partial charge >= 0.3 is 6.09 Å². The van der Waals surface area contributed by atoms with E-state index in [0.717, 1.165) is 37.8 Å². The number of β-amino-alcohol motifs (C(OH)–C–C–N with tert-alkyl or cyclic N) is 1. The molecule has 2 fully saturated rings. The van der Waals surface area contributed by atoms with E-state index in [2.05, 4.69) is 25.9 Å². The Morgan fingerprint density at radius 3 is 1.52 bits per heavy atom. The van der Waals surface area contributed by atoms with Crippen molar-refractivity contribution in [3.05, 3.63) is 135 Å². The molecule has 0 unspecified atom stereocenters. The zero-order valence-electron chi connectivity index (χ0n) is 63.7. The average Bonchev–Trinajstić information content (AvgIpc) is 1.63. The van der Waals surface area contributed by atoms with Gasteiger partial charge in [0.1, 0.15) is 66.3 Å². The van der Waals surface area contributed by atoms with Crippen molar-refractivity contribution < 1.29 is 86.0 Å². The average molecular weight is 1550 g/mol. The number of aryl methyl sites for hydroxylation is 2. The molecule has 109 heavy (non-hydrogen) atoms. The minimum atomic E-state index is -1.06. The third-order valence-corrected chi connectivity index (χ3v) is 20.9. The predicted octanol–water partition coefficient (Wildman–Crippen LogP) is 7.49. The van der Waals surface area contributed by atoms with E-state index in [9.17, 15) is 29.1 Å². The molecule has 28 nitrogen and oxygen atoms in total. The van der Waals surface area contributed by atoms with Crippen molar-refractivity contribution in [3.8, 4) is 38.1 Å². The lowest BCUT2D eigenvalue weighted by Crippen LogP contribution is -2.55. The van der Waals surface area contributed by atoms with Gasteiger partial charge in [0, 0.05) is 80.9 Å². The number of hydrogen-bond donors (Lipinski definition) is 5. The van der Waals surface area contributed by atoms with Crippen LogP contribution in [0.15, 0.2) is 89.9 Å². The first-order chi connectivity index (χ1) is 52.5. The van der Waals surface area contributed by atoms with Gasteiger partial charge in [-0.05, 0) is 99.0 Å². The van der Waals surface area contributed by atoms with Crippen LogP contribution in [0.1, 0.15) is 116 Å². The fraction of sp³-hybridized carbons (Fsp3) is 0.532. The van der Waals surface area contributed by atoms with Crippen LogP contribution in [0.3, 0.4) is 0 Å². The Bertz CT molecular complexity index is 4070. The van der Waals surface area contributed by atoms with Crippen molar-refractivity contribution in [3.63, 3.8) is 0 Å². The number of carbonyl (C=O) groups excluding carboxylic acids is 7. The van der Waals surface area contributed by atoms with Gasteiger partial charge in [0.2, 0.25) is 23.6 Å². The molecule has 0 aliphatic carbocycles. The largest absolute Gasteiger partial charge is 0.491 e.